The normalized spacial score (nSPS) is 20.4. The first kappa shape index (κ1) is 92.5. The summed E-state index contributed by atoms with van der Waals surface area (Å²) in [5.74, 6) is -10.7. The zero-order valence-electron chi connectivity index (χ0n) is 61.5. The molecule has 2 unspecified atom stereocenters. The number of carboxylic acids is 3. The molecule has 0 aliphatic carbocycles. The van der Waals surface area contributed by atoms with Gasteiger partial charge in [-0.05, 0) is 95.5 Å². The Labute approximate surface area is 680 Å². The molecule has 7 rings (SSSR count). The second-order valence-corrected chi connectivity index (χ2v) is 30.8. The fraction of sp³-hybridized carbons (Fsp3) is 0.467. The van der Waals surface area contributed by atoms with E-state index in [-0.39, 0.29) is 129 Å². The van der Waals surface area contributed by atoms with Crippen LogP contribution in [0.4, 0.5) is 0 Å². The fourth-order valence-corrected chi connectivity index (χ4v) is 15.2. The monoisotopic (exact) mass is 1630 g/mol. The average molecular weight is 1630 g/mol. The molecule has 2 aliphatic rings. The summed E-state index contributed by atoms with van der Waals surface area (Å²) in [4.78, 5) is 127. The molecule has 0 aromatic heterocycles. The van der Waals surface area contributed by atoms with Crippen molar-refractivity contribution < 1.29 is 147 Å². The molecule has 5 aromatic carbocycles. The van der Waals surface area contributed by atoms with E-state index in [1.807, 2.05) is 60.7 Å². The fourth-order valence-electron chi connectivity index (χ4n) is 11.7. The average Bonchev–Trinajstić information content (AvgIpc) is 0.773. The van der Waals surface area contributed by atoms with Gasteiger partial charge in [0.05, 0.1) is 68.3 Å². The number of aliphatic hydroxyl groups excluding tert-OH is 6. The molecule has 2 saturated heterocycles. The van der Waals surface area contributed by atoms with Crippen LogP contribution in [0.5, 0.6) is 5.75 Å². The third kappa shape index (κ3) is 29.2. The molecule has 36 heteroatoms. The van der Waals surface area contributed by atoms with Crippen LogP contribution in [0.15, 0.2) is 127 Å². The molecule has 0 radical (unpaired) electrons. The van der Waals surface area contributed by atoms with Crippen LogP contribution in [-0.4, -0.2) is 265 Å². The van der Waals surface area contributed by atoms with Gasteiger partial charge in [0.2, 0.25) is 17.7 Å². The van der Waals surface area contributed by atoms with Crippen LogP contribution < -0.4 is 71.5 Å². The summed E-state index contributed by atoms with van der Waals surface area (Å²) >= 11 is 2.74. The number of hydrogen-bond donors (Lipinski definition) is 16. The molecular formula is C75H95N7NaO24S4+. The largest absolute Gasteiger partial charge is 1.00 e. The number of carbonyl (C=O) groups excluding carboxylic acids is 7. The first-order valence-electron chi connectivity index (χ1n) is 35.5. The van der Waals surface area contributed by atoms with E-state index in [2.05, 4.69) is 37.2 Å². The van der Waals surface area contributed by atoms with Crippen molar-refractivity contribution in [1.29, 1.82) is 0 Å². The third-order valence-electron chi connectivity index (χ3n) is 17.3. The van der Waals surface area contributed by atoms with Crippen molar-refractivity contribution in [3.8, 4) is 28.0 Å². The van der Waals surface area contributed by atoms with Crippen molar-refractivity contribution in [1.82, 2.24) is 37.2 Å². The maximum Gasteiger partial charge on any atom is 1.00 e. The maximum absolute atomic E-state index is 13.8. The van der Waals surface area contributed by atoms with Gasteiger partial charge >= 0.3 is 47.5 Å². The second-order valence-electron chi connectivity index (χ2n) is 25.6. The standard InChI is InChI=1S/C75H95N7O24S4.Na/c1-45(83)81-62-55(85)41-74(72(98)99,105-66(62)64(92)57(87)43-79-68(94)51-20-16-49(17-21-51)47-12-5-3-6-13-47)103-32-10-34-107-38-29-77-70(96)53-24-25-54(59(40-53)102-31-9-28-76-60(89)26-36-109-110-37-27-61(90)91)71(97)78-30-39-108-35-11-33-104-75(73(100)101)42-56(86)63(82-46(2)84)67(106-75)65(93)58(88)44-80-69(95)52-22-18-50(19-23-52)48-14-7-4-8-15-48;/h3-8,12-25,40,55-58,62-67,85-88,92-93H,9-11,26-39,41-44H2,1-2H3,(H,76,89)(H,77,96)(H,78,97)(H,79,94)(H,80,95)(H,81,83)(H,82,84)(H,90,91)(H,98,99)(H,100,101);/q;+1/t55-,56-,57+,58+,62+,63+,64?,65?,66+,67+,74+,75+;/m0./s1. The quantitative estimate of drug-likeness (QED) is 0.0139. The van der Waals surface area contributed by atoms with Gasteiger partial charge in [0.25, 0.3) is 35.2 Å². The van der Waals surface area contributed by atoms with Gasteiger partial charge in [0.15, 0.2) is 0 Å². The van der Waals surface area contributed by atoms with Gasteiger partial charge in [-0.15, -0.1) is 0 Å². The number of aliphatic hydroxyl groups is 6. The van der Waals surface area contributed by atoms with E-state index < -0.39 is 152 Å². The van der Waals surface area contributed by atoms with E-state index >= 15 is 0 Å². The van der Waals surface area contributed by atoms with Crippen molar-refractivity contribution >= 4 is 104 Å². The molecule has 7 amide bonds. The van der Waals surface area contributed by atoms with Gasteiger partial charge in [-0.3, -0.25) is 38.4 Å². The molecule has 31 nitrogen and oxygen atoms in total. The number of carboxylic acid groups (broad SMARTS) is 3. The Kier molecular flexibility index (Phi) is 39.4. The molecule has 2 aliphatic heterocycles. The van der Waals surface area contributed by atoms with Gasteiger partial charge in [0.1, 0.15) is 30.2 Å². The number of thioether (sulfide) groups is 2. The molecule has 0 saturated carbocycles. The zero-order valence-corrected chi connectivity index (χ0v) is 66.8. The Morgan fingerprint density at radius 1 is 0.477 bits per heavy atom. The van der Waals surface area contributed by atoms with Crippen LogP contribution in [0.3, 0.4) is 0 Å². The Bertz CT molecular complexity index is 3850. The summed E-state index contributed by atoms with van der Waals surface area (Å²) in [6.45, 7) is 1.23. The summed E-state index contributed by atoms with van der Waals surface area (Å²) in [5, 5.41) is 116. The van der Waals surface area contributed by atoms with Crippen molar-refractivity contribution in [3.05, 3.63) is 150 Å². The van der Waals surface area contributed by atoms with Crippen molar-refractivity contribution in [2.45, 2.75) is 131 Å². The summed E-state index contributed by atoms with van der Waals surface area (Å²) in [6.07, 6.45) is -14.7. The predicted molar refractivity (Wildman–Crippen MR) is 411 cm³/mol. The van der Waals surface area contributed by atoms with Gasteiger partial charge in [-0.1, -0.05) is 107 Å². The minimum absolute atomic E-state index is 0. The number of hydrogen-bond acceptors (Lipinski definition) is 25. The van der Waals surface area contributed by atoms with Gasteiger partial charge in [-0.2, -0.15) is 23.5 Å². The smallest absolute Gasteiger partial charge is 0.493 e. The molecule has 2 heterocycles. The number of rotatable bonds is 46. The Hall–Kier alpha value is -7.40. The molecule has 0 bridgehead atoms. The van der Waals surface area contributed by atoms with Crippen LogP contribution in [0.2, 0.25) is 0 Å². The number of amides is 7. The summed E-state index contributed by atoms with van der Waals surface area (Å²) < 4.78 is 29.4. The van der Waals surface area contributed by atoms with Crippen LogP contribution in [0, 0.1) is 0 Å². The molecule has 598 valence electrons. The number of aliphatic carboxylic acids is 3. The summed E-state index contributed by atoms with van der Waals surface area (Å²) in [5.41, 5.74) is 4.29. The summed E-state index contributed by atoms with van der Waals surface area (Å²) in [7, 11) is 2.74. The first-order valence-corrected chi connectivity index (χ1v) is 40.3. The minimum atomic E-state index is -2.55. The molecule has 111 heavy (non-hydrogen) atoms. The van der Waals surface area contributed by atoms with E-state index in [9.17, 15) is 88.8 Å². The van der Waals surface area contributed by atoms with Crippen LogP contribution in [0.1, 0.15) is 100 Å². The van der Waals surface area contributed by atoms with E-state index in [4.69, 9.17) is 28.8 Å². The maximum atomic E-state index is 13.8. The second kappa shape index (κ2) is 47.3. The Morgan fingerprint density at radius 3 is 1.32 bits per heavy atom. The first-order chi connectivity index (χ1) is 52.7. The van der Waals surface area contributed by atoms with Gasteiger partial charge in [0, 0.05) is 106 Å². The molecule has 12 atom stereocenters. The minimum Gasteiger partial charge on any atom is -0.493 e. The summed E-state index contributed by atoms with van der Waals surface area (Å²) in [6, 6.07) is 33.7. The van der Waals surface area contributed by atoms with E-state index in [1.54, 1.807) is 48.5 Å². The number of carbonyl (C=O) groups is 10. The van der Waals surface area contributed by atoms with Crippen molar-refractivity contribution in [3.63, 3.8) is 0 Å². The van der Waals surface area contributed by atoms with Crippen LogP contribution >= 0.6 is 45.1 Å². The van der Waals surface area contributed by atoms with E-state index in [0.29, 0.717) is 40.9 Å². The third-order valence-corrected chi connectivity index (χ3v) is 21.9. The van der Waals surface area contributed by atoms with Crippen LogP contribution in [0.25, 0.3) is 22.3 Å². The van der Waals surface area contributed by atoms with Gasteiger partial charge in [-0.25, -0.2) is 9.59 Å². The molecule has 5 aromatic rings. The Balaban J connectivity index is 0.0000192. The van der Waals surface area contributed by atoms with Crippen LogP contribution in [-0.2, 0) is 47.7 Å². The molecule has 0 spiro atoms. The molecule has 16 N–H and O–H groups in total. The Morgan fingerprint density at radius 2 is 0.892 bits per heavy atom. The molecule has 2 fully saturated rings. The number of nitrogens with one attached hydrogen (secondary N) is 7. The zero-order chi connectivity index (χ0) is 79.8. The van der Waals surface area contributed by atoms with E-state index in [1.165, 1.54) is 63.3 Å². The topological polar surface area (TPSA) is 483 Å². The van der Waals surface area contributed by atoms with Crippen molar-refractivity contribution in [2.24, 2.45) is 0 Å². The van der Waals surface area contributed by atoms with E-state index in [0.717, 1.165) is 36.1 Å². The predicted octanol–water partition coefficient (Wildman–Crippen LogP) is 0.0697. The SMILES string of the molecule is CC(=O)N[C@@H]1[C@@H](O)C[C@](OCCCSCCNC(=O)c2ccc(C(=O)NCCSCCCO[C@]3(C(=O)O)C[C@H](O)[C@@H](NC(C)=O)[C@H](C(O)[C@H](O)CNC(=O)c4ccc(-c5ccccc5)cc4)O3)c(OCCCNC(=O)CCSSCCC(=O)O)c2)(C(=O)O)O[C@H]1C(O)[C@H](O)CNC(=O)c1ccc(-c2ccccc2)cc1.[Na+]. The van der Waals surface area contributed by atoms with Gasteiger partial charge < -0.3 is 107 Å². The van der Waals surface area contributed by atoms with Crippen molar-refractivity contribution in [2.75, 3.05) is 87.1 Å². The number of ether oxygens (including phenoxy) is 5. The number of benzene rings is 5. The molecular weight excluding hydrogens is 1530 g/mol.